The Balaban J connectivity index is 1.80. The van der Waals surface area contributed by atoms with Crippen molar-refractivity contribution in [2.75, 3.05) is 5.32 Å². The van der Waals surface area contributed by atoms with Gasteiger partial charge in [-0.25, -0.2) is 14.1 Å². The van der Waals surface area contributed by atoms with Gasteiger partial charge in [-0.2, -0.15) is 5.10 Å². The quantitative estimate of drug-likeness (QED) is 0.804. The number of nitrogens with one attached hydrogen (secondary N) is 1. The van der Waals surface area contributed by atoms with Crippen molar-refractivity contribution in [1.82, 2.24) is 19.7 Å². The Labute approximate surface area is 127 Å². The minimum Gasteiger partial charge on any atom is -0.365 e. The minimum absolute atomic E-state index is 0.238. The maximum absolute atomic E-state index is 13.6. The third kappa shape index (κ3) is 2.95. The monoisotopic (exact) mass is 297 g/mol. The van der Waals surface area contributed by atoms with Crippen LogP contribution < -0.4 is 5.32 Å². The van der Waals surface area contributed by atoms with Crippen molar-refractivity contribution in [1.29, 1.82) is 0 Å². The van der Waals surface area contributed by atoms with Crippen LogP contribution in [-0.4, -0.2) is 19.7 Å². The molecule has 1 N–H and O–H groups in total. The molecule has 0 saturated heterocycles. The number of nitrogens with zero attached hydrogens (tertiary/aromatic N) is 4. The third-order valence-electron chi connectivity index (χ3n) is 3.27. The smallest absolute Gasteiger partial charge is 0.174 e. The zero-order chi connectivity index (χ0) is 15.5. The molecule has 2 aromatic heterocycles. The standard InChI is InChI=1S/C16H16FN5/c1-11-7-12(2)22(21-11)16-10-18-9-15(20-16)19-8-13-5-3-4-6-14(13)17/h3-7,9-10H,8H2,1-2H3,(H,19,20). The molecule has 6 heteroatoms. The SMILES string of the molecule is Cc1cc(C)n(-c2cncc(NCc3ccccc3F)n2)n1. The lowest BCUT2D eigenvalue weighted by atomic mass is 10.2. The largest absolute Gasteiger partial charge is 0.365 e. The second kappa shape index (κ2) is 5.93. The highest BCUT2D eigenvalue weighted by Gasteiger charge is 2.07. The van der Waals surface area contributed by atoms with E-state index in [1.54, 1.807) is 35.3 Å². The molecule has 0 saturated carbocycles. The van der Waals surface area contributed by atoms with Gasteiger partial charge in [0.1, 0.15) is 11.6 Å². The molecule has 0 radical (unpaired) electrons. The summed E-state index contributed by atoms with van der Waals surface area (Å²) in [4.78, 5) is 8.63. The Morgan fingerprint density at radius 1 is 1.18 bits per heavy atom. The van der Waals surface area contributed by atoms with Gasteiger partial charge in [0.25, 0.3) is 0 Å². The van der Waals surface area contributed by atoms with Gasteiger partial charge in [0.2, 0.25) is 0 Å². The van der Waals surface area contributed by atoms with E-state index in [0.717, 1.165) is 11.4 Å². The summed E-state index contributed by atoms with van der Waals surface area (Å²) >= 11 is 0. The summed E-state index contributed by atoms with van der Waals surface area (Å²) in [6, 6.07) is 8.62. The number of anilines is 1. The average Bonchev–Trinajstić information content (AvgIpc) is 2.85. The second-order valence-electron chi connectivity index (χ2n) is 5.05. The van der Waals surface area contributed by atoms with Gasteiger partial charge in [-0.1, -0.05) is 18.2 Å². The lowest BCUT2D eigenvalue weighted by molar-refractivity contribution is 0.613. The Kier molecular flexibility index (Phi) is 3.82. The van der Waals surface area contributed by atoms with E-state index in [1.807, 2.05) is 19.9 Å². The molecule has 0 unspecified atom stereocenters. The van der Waals surface area contributed by atoms with Crippen LogP contribution in [0.5, 0.6) is 0 Å². The molecule has 3 aromatic rings. The van der Waals surface area contributed by atoms with Gasteiger partial charge in [-0.3, -0.25) is 4.98 Å². The molecule has 0 amide bonds. The van der Waals surface area contributed by atoms with Gasteiger partial charge in [-0.15, -0.1) is 0 Å². The molecule has 5 nitrogen and oxygen atoms in total. The number of aryl methyl sites for hydroxylation is 2. The normalized spacial score (nSPS) is 10.7. The van der Waals surface area contributed by atoms with E-state index < -0.39 is 0 Å². The predicted octanol–water partition coefficient (Wildman–Crippen LogP) is 3.03. The van der Waals surface area contributed by atoms with Crippen molar-refractivity contribution in [2.45, 2.75) is 20.4 Å². The van der Waals surface area contributed by atoms with Crippen LogP contribution >= 0.6 is 0 Å². The summed E-state index contributed by atoms with van der Waals surface area (Å²) in [5.41, 5.74) is 2.49. The molecule has 112 valence electrons. The minimum atomic E-state index is -0.238. The lowest BCUT2D eigenvalue weighted by Gasteiger charge is -2.08. The van der Waals surface area contributed by atoms with E-state index >= 15 is 0 Å². The molecule has 0 fully saturated rings. The number of benzene rings is 1. The van der Waals surface area contributed by atoms with Gasteiger partial charge < -0.3 is 5.32 Å². The summed E-state index contributed by atoms with van der Waals surface area (Å²) in [6.45, 7) is 4.24. The average molecular weight is 297 g/mol. The maximum atomic E-state index is 13.6. The van der Waals surface area contributed by atoms with E-state index in [0.29, 0.717) is 23.7 Å². The molecule has 0 aliphatic heterocycles. The molecule has 3 rings (SSSR count). The van der Waals surface area contributed by atoms with Crippen LogP contribution in [0.25, 0.3) is 5.82 Å². The Bertz CT molecular complexity index is 797. The first-order chi connectivity index (χ1) is 10.6. The zero-order valence-electron chi connectivity index (χ0n) is 12.4. The maximum Gasteiger partial charge on any atom is 0.174 e. The molecule has 0 spiro atoms. The lowest BCUT2D eigenvalue weighted by Crippen LogP contribution is -2.07. The zero-order valence-corrected chi connectivity index (χ0v) is 12.4. The Hall–Kier alpha value is -2.76. The molecular weight excluding hydrogens is 281 g/mol. The van der Waals surface area contributed by atoms with Crippen LogP contribution in [0.2, 0.25) is 0 Å². The number of aromatic nitrogens is 4. The number of hydrogen-bond donors (Lipinski definition) is 1. The third-order valence-corrected chi connectivity index (χ3v) is 3.27. The van der Waals surface area contributed by atoms with Crippen molar-refractivity contribution < 1.29 is 4.39 Å². The van der Waals surface area contributed by atoms with E-state index in [1.165, 1.54) is 6.07 Å². The summed E-state index contributed by atoms with van der Waals surface area (Å²) in [5.74, 6) is 0.968. The summed E-state index contributed by atoms with van der Waals surface area (Å²) < 4.78 is 15.3. The number of hydrogen-bond acceptors (Lipinski definition) is 4. The van der Waals surface area contributed by atoms with Gasteiger partial charge in [0.15, 0.2) is 5.82 Å². The fourth-order valence-corrected chi connectivity index (χ4v) is 2.23. The summed E-state index contributed by atoms with van der Waals surface area (Å²) in [7, 11) is 0. The van der Waals surface area contributed by atoms with E-state index in [-0.39, 0.29) is 5.82 Å². The van der Waals surface area contributed by atoms with E-state index in [4.69, 9.17) is 0 Å². The van der Waals surface area contributed by atoms with Gasteiger partial charge in [-0.05, 0) is 26.0 Å². The molecule has 0 aliphatic rings. The van der Waals surface area contributed by atoms with Crippen molar-refractivity contribution >= 4 is 5.82 Å². The first-order valence-electron chi connectivity index (χ1n) is 6.96. The molecule has 1 aromatic carbocycles. The highest BCUT2D eigenvalue weighted by molar-refractivity contribution is 5.37. The van der Waals surface area contributed by atoms with Crippen LogP contribution in [0, 0.1) is 19.7 Å². The first-order valence-corrected chi connectivity index (χ1v) is 6.96. The van der Waals surface area contributed by atoms with E-state index in [2.05, 4.69) is 20.4 Å². The highest BCUT2D eigenvalue weighted by Crippen LogP contribution is 2.13. The fraction of sp³-hybridized carbons (Fsp3) is 0.188. The summed E-state index contributed by atoms with van der Waals surface area (Å²) in [5, 5.41) is 7.46. The van der Waals surface area contributed by atoms with Crippen molar-refractivity contribution in [3.8, 4) is 5.82 Å². The van der Waals surface area contributed by atoms with Crippen molar-refractivity contribution in [3.63, 3.8) is 0 Å². The van der Waals surface area contributed by atoms with Crippen molar-refractivity contribution in [2.24, 2.45) is 0 Å². The number of halogens is 1. The predicted molar refractivity (Wildman–Crippen MR) is 82.4 cm³/mol. The summed E-state index contributed by atoms with van der Waals surface area (Å²) in [6.07, 6.45) is 3.25. The number of rotatable bonds is 4. The Morgan fingerprint density at radius 2 is 2.00 bits per heavy atom. The molecule has 0 aliphatic carbocycles. The van der Waals surface area contributed by atoms with Crippen LogP contribution in [-0.2, 0) is 6.54 Å². The van der Waals surface area contributed by atoms with Gasteiger partial charge >= 0.3 is 0 Å². The Morgan fingerprint density at radius 3 is 2.73 bits per heavy atom. The second-order valence-corrected chi connectivity index (χ2v) is 5.05. The molecule has 22 heavy (non-hydrogen) atoms. The van der Waals surface area contributed by atoms with Gasteiger partial charge in [0, 0.05) is 17.8 Å². The molecule has 0 bridgehead atoms. The first kappa shape index (κ1) is 14.2. The molecule has 0 atom stereocenters. The van der Waals surface area contributed by atoms with Crippen LogP contribution in [0.1, 0.15) is 17.0 Å². The van der Waals surface area contributed by atoms with Crippen LogP contribution in [0.3, 0.4) is 0 Å². The van der Waals surface area contributed by atoms with E-state index in [9.17, 15) is 4.39 Å². The van der Waals surface area contributed by atoms with Gasteiger partial charge in [0.05, 0.1) is 18.1 Å². The van der Waals surface area contributed by atoms with Crippen LogP contribution in [0.4, 0.5) is 10.2 Å². The van der Waals surface area contributed by atoms with Crippen molar-refractivity contribution in [3.05, 3.63) is 65.5 Å². The van der Waals surface area contributed by atoms with Crippen LogP contribution in [0.15, 0.2) is 42.7 Å². The topological polar surface area (TPSA) is 55.6 Å². The molecular formula is C16H16FN5. The fourth-order valence-electron chi connectivity index (χ4n) is 2.23. The highest BCUT2D eigenvalue weighted by atomic mass is 19.1. The molecule has 2 heterocycles.